The van der Waals surface area contributed by atoms with Crippen LogP contribution in [0.2, 0.25) is 0 Å². The van der Waals surface area contributed by atoms with Gasteiger partial charge in [-0.2, -0.15) is 0 Å². The number of nitrogens with zero attached hydrogens (tertiary/aromatic N) is 1. The number of hydrogen-bond acceptors (Lipinski definition) is 4. The largest absolute Gasteiger partial charge is 0.454 e. The van der Waals surface area contributed by atoms with E-state index in [9.17, 15) is 9.59 Å². The molecule has 0 saturated carbocycles. The molecule has 0 bridgehead atoms. The molecule has 1 saturated heterocycles. The Labute approximate surface area is 151 Å². The number of aryl methyl sites for hydroxylation is 1. The highest BCUT2D eigenvalue weighted by Crippen LogP contribution is 2.32. The summed E-state index contributed by atoms with van der Waals surface area (Å²) in [7, 11) is 0. The van der Waals surface area contributed by atoms with Gasteiger partial charge in [-0.15, -0.1) is 0 Å². The summed E-state index contributed by atoms with van der Waals surface area (Å²) in [5.41, 5.74) is 2.87. The van der Waals surface area contributed by atoms with Gasteiger partial charge < -0.3 is 19.7 Å². The number of rotatable bonds is 4. The molecule has 2 aliphatic rings. The second kappa shape index (κ2) is 6.71. The smallest absolute Gasteiger partial charge is 0.231 e. The number of anilines is 1. The van der Waals surface area contributed by atoms with Gasteiger partial charge in [0.15, 0.2) is 11.5 Å². The first-order valence-corrected chi connectivity index (χ1v) is 8.63. The summed E-state index contributed by atoms with van der Waals surface area (Å²) in [5.74, 6) is 0.954. The van der Waals surface area contributed by atoms with Crippen molar-refractivity contribution in [2.75, 3.05) is 18.2 Å². The van der Waals surface area contributed by atoms with Crippen LogP contribution in [0.4, 0.5) is 5.69 Å². The van der Waals surface area contributed by atoms with Crippen molar-refractivity contribution in [1.82, 2.24) is 5.32 Å². The molecule has 0 unspecified atom stereocenters. The minimum absolute atomic E-state index is 0.0150. The van der Waals surface area contributed by atoms with Gasteiger partial charge in [0.1, 0.15) is 0 Å². The van der Waals surface area contributed by atoms with Gasteiger partial charge in [-0.25, -0.2) is 0 Å². The zero-order valence-corrected chi connectivity index (χ0v) is 14.5. The fraction of sp³-hybridized carbons (Fsp3) is 0.300. The molecule has 2 aromatic rings. The van der Waals surface area contributed by atoms with E-state index in [1.54, 1.807) is 4.90 Å². The van der Waals surface area contributed by atoms with E-state index in [0.717, 1.165) is 22.6 Å². The standard InChI is InChI=1S/C20H20N2O4/c1-13-3-2-4-16(7-13)22-11-15(9-19(22)23)20(24)21-10-14-5-6-17-18(8-14)26-12-25-17/h2-8,15H,9-12H2,1H3,(H,21,24)/t15-/m1/s1. The number of hydrogen-bond donors (Lipinski definition) is 1. The van der Waals surface area contributed by atoms with E-state index in [4.69, 9.17) is 9.47 Å². The van der Waals surface area contributed by atoms with Gasteiger partial charge in [0.25, 0.3) is 0 Å². The summed E-state index contributed by atoms with van der Waals surface area (Å²) in [6.07, 6.45) is 0.237. The van der Waals surface area contributed by atoms with E-state index in [2.05, 4.69) is 5.32 Å². The number of nitrogens with one attached hydrogen (secondary N) is 1. The number of fused-ring (bicyclic) bond motifs is 1. The Morgan fingerprint density at radius 1 is 1.19 bits per heavy atom. The summed E-state index contributed by atoms with van der Waals surface area (Å²) >= 11 is 0. The summed E-state index contributed by atoms with van der Waals surface area (Å²) in [4.78, 5) is 26.5. The maximum Gasteiger partial charge on any atom is 0.231 e. The topological polar surface area (TPSA) is 67.9 Å². The van der Waals surface area contributed by atoms with Crippen molar-refractivity contribution in [3.63, 3.8) is 0 Å². The molecule has 2 amide bonds. The van der Waals surface area contributed by atoms with Crippen LogP contribution < -0.4 is 19.7 Å². The molecule has 2 heterocycles. The Kier molecular flexibility index (Phi) is 4.24. The third-order valence-corrected chi connectivity index (χ3v) is 4.71. The molecule has 6 heteroatoms. The number of ether oxygens (including phenoxy) is 2. The first kappa shape index (κ1) is 16.4. The first-order valence-electron chi connectivity index (χ1n) is 8.63. The maximum absolute atomic E-state index is 12.5. The predicted octanol–water partition coefficient (Wildman–Crippen LogP) is 2.39. The van der Waals surface area contributed by atoms with Crippen LogP contribution in [0, 0.1) is 12.8 Å². The molecule has 0 aromatic heterocycles. The normalized spacial score (nSPS) is 18.3. The van der Waals surface area contributed by atoms with E-state index in [1.807, 2.05) is 49.4 Å². The van der Waals surface area contributed by atoms with Crippen LogP contribution >= 0.6 is 0 Å². The van der Waals surface area contributed by atoms with Gasteiger partial charge in [0.05, 0.1) is 5.92 Å². The zero-order chi connectivity index (χ0) is 18.1. The molecule has 2 aromatic carbocycles. The summed E-state index contributed by atoms with van der Waals surface area (Å²) < 4.78 is 10.6. The van der Waals surface area contributed by atoms with Crippen molar-refractivity contribution in [3.8, 4) is 11.5 Å². The first-order chi connectivity index (χ1) is 12.6. The van der Waals surface area contributed by atoms with Gasteiger partial charge in [0, 0.05) is 25.2 Å². The van der Waals surface area contributed by atoms with Crippen LogP contribution in [0.15, 0.2) is 42.5 Å². The Hall–Kier alpha value is -3.02. The minimum Gasteiger partial charge on any atom is -0.454 e. The molecule has 1 N–H and O–H groups in total. The lowest BCUT2D eigenvalue weighted by Gasteiger charge is -2.17. The van der Waals surface area contributed by atoms with Crippen LogP contribution in [0.25, 0.3) is 0 Å². The average molecular weight is 352 g/mol. The molecular formula is C20H20N2O4. The highest BCUT2D eigenvalue weighted by molar-refractivity contribution is 6.00. The molecule has 4 rings (SSSR count). The molecule has 0 spiro atoms. The Balaban J connectivity index is 1.37. The van der Waals surface area contributed by atoms with Crippen molar-refractivity contribution in [2.24, 2.45) is 5.92 Å². The molecule has 2 aliphatic heterocycles. The van der Waals surface area contributed by atoms with Crippen molar-refractivity contribution >= 4 is 17.5 Å². The maximum atomic E-state index is 12.5. The second-order valence-electron chi connectivity index (χ2n) is 6.65. The van der Waals surface area contributed by atoms with Gasteiger partial charge in [0.2, 0.25) is 18.6 Å². The van der Waals surface area contributed by atoms with E-state index < -0.39 is 0 Å². The van der Waals surface area contributed by atoms with Gasteiger partial charge in [-0.3, -0.25) is 9.59 Å². The van der Waals surface area contributed by atoms with E-state index in [0.29, 0.717) is 18.8 Å². The fourth-order valence-electron chi connectivity index (χ4n) is 3.31. The lowest BCUT2D eigenvalue weighted by Crippen LogP contribution is -2.32. The summed E-state index contributed by atoms with van der Waals surface area (Å²) in [6, 6.07) is 13.4. The van der Waals surface area contributed by atoms with Crippen LogP contribution in [0.5, 0.6) is 11.5 Å². The highest BCUT2D eigenvalue weighted by atomic mass is 16.7. The van der Waals surface area contributed by atoms with Crippen molar-refractivity contribution in [1.29, 1.82) is 0 Å². The van der Waals surface area contributed by atoms with Crippen LogP contribution in [0.1, 0.15) is 17.5 Å². The van der Waals surface area contributed by atoms with Crippen LogP contribution in [0.3, 0.4) is 0 Å². The van der Waals surface area contributed by atoms with Crippen LogP contribution in [-0.2, 0) is 16.1 Å². The molecule has 0 aliphatic carbocycles. The number of carbonyl (C=O) groups is 2. The Bertz CT molecular complexity index is 865. The highest BCUT2D eigenvalue weighted by Gasteiger charge is 2.35. The lowest BCUT2D eigenvalue weighted by molar-refractivity contribution is -0.126. The molecule has 1 atom stereocenters. The SMILES string of the molecule is Cc1cccc(N2C[C@H](C(=O)NCc3ccc4c(c3)OCO4)CC2=O)c1. The van der Waals surface area contributed by atoms with E-state index >= 15 is 0 Å². The van der Waals surface area contributed by atoms with E-state index in [1.165, 1.54) is 0 Å². The third-order valence-electron chi connectivity index (χ3n) is 4.71. The van der Waals surface area contributed by atoms with Crippen molar-refractivity contribution < 1.29 is 19.1 Å². The quantitative estimate of drug-likeness (QED) is 0.917. The average Bonchev–Trinajstić information content (AvgIpc) is 3.25. The van der Waals surface area contributed by atoms with Crippen molar-refractivity contribution in [2.45, 2.75) is 19.9 Å². The number of carbonyl (C=O) groups excluding carboxylic acids is 2. The lowest BCUT2D eigenvalue weighted by atomic mass is 10.1. The zero-order valence-electron chi connectivity index (χ0n) is 14.5. The molecule has 6 nitrogen and oxygen atoms in total. The van der Waals surface area contributed by atoms with Crippen molar-refractivity contribution in [3.05, 3.63) is 53.6 Å². The van der Waals surface area contributed by atoms with Crippen LogP contribution in [-0.4, -0.2) is 25.2 Å². The summed E-state index contributed by atoms with van der Waals surface area (Å²) in [6.45, 7) is 3.02. The fourth-order valence-corrected chi connectivity index (χ4v) is 3.31. The Morgan fingerprint density at radius 3 is 2.88 bits per heavy atom. The molecule has 134 valence electrons. The van der Waals surface area contributed by atoms with Gasteiger partial charge in [-0.1, -0.05) is 18.2 Å². The van der Waals surface area contributed by atoms with E-state index in [-0.39, 0.29) is 30.9 Å². The minimum atomic E-state index is -0.336. The third kappa shape index (κ3) is 3.22. The molecule has 26 heavy (non-hydrogen) atoms. The number of amides is 2. The van der Waals surface area contributed by atoms with Gasteiger partial charge >= 0.3 is 0 Å². The summed E-state index contributed by atoms with van der Waals surface area (Å²) in [5, 5.41) is 2.92. The predicted molar refractivity (Wildman–Crippen MR) is 96.1 cm³/mol. The molecule has 1 fully saturated rings. The number of benzene rings is 2. The second-order valence-corrected chi connectivity index (χ2v) is 6.65. The molecule has 0 radical (unpaired) electrons. The molecular weight excluding hydrogens is 332 g/mol. The Morgan fingerprint density at radius 2 is 2.04 bits per heavy atom. The van der Waals surface area contributed by atoms with Gasteiger partial charge in [-0.05, 0) is 42.3 Å². The monoisotopic (exact) mass is 352 g/mol.